The van der Waals surface area contributed by atoms with Gasteiger partial charge in [0.2, 0.25) is 0 Å². The number of nitrogens with two attached hydrogens (primary N) is 1. The molecule has 0 aromatic heterocycles. The first kappa shape index (κ1) is 14.8. The molecule has 0 amide bonds. The minimum absolute atomic E-state index is 0.0942. The fourth-order valence-electron chi connectivity index (χ4n) is 1.51. The summed E-state index contributed by atoms with van der Waals surface area (Å²) in [6, 6.07) is 7.37. The molecule has 0 aliphatic carbocycles. The first-order valence-electron chi connectivity index (χ1n) is 5.50. The highest BCUT2D eigenvalue weighted by molar-refractivity contribution is 7.99. The van der Waals surface area contributed by atoms with Gasteiger partial charge in [-0.2, -0.15) is 0 Å². The van der Waals surface area contributed by atoms with Gasteiger partial charge in [-0.25, -0.2) is 17.2 Å². The van der Waals surface area contributed by atoms with E-state index in [0.29, 0.717) is 10.6 Å². The highest BCUT2D eigenvalue weighted by Crippen LogP contribution is 2.35. The topological polar surface area (TPSA) is 60.2 Å². The fraction of sp³-hybridized carbons (Fsp3) is 0.0769. The largest absolute Gasteiger partial charge is 0.398 e. The smallest absolute Gasteiger partial charge is 0.175 e. The summed E-state index contributed by atoms with van der Waals surface area (Å²) in [4.78, 5) is 0.666. The van der Waals surface area contributed by atoms with Crippen molar-refractivity contribution in [3.8, 4) is 0 Å². The maximum atomic E-state index is 13.6. The summed E-state index contributed by atoms with van der Waals surface area (Å²) in [5.74, 6) is -1.40. The first-order chi connectivity index (χ1) is 9.27. The fourth-order valence-corrected chi connectivity index (χ4v) is 3.13. The van der Waals surface area contributed by atoms with Crippen LogP contribution in [0.4, 0.5) is 14.5 Å². The molecule has 2 aromatic carbocycles. The zero-order valence-corrected chi connectivity index (χ0v) is 12.1. The molecule has 2 rings (SSSR count). The average Bonchev–Trinajstić information content (AvgIpc) is 2.33. The van der Waals surface area contributed by atoms with Crippen LogP contribution in [-0.4, -0.2) is 14.7 Å². The van der Waals surface area contributed by atoms with Gasteiger partial charge in [-0.3, -0.25) is 0 Å². The Morgan fingerprint density at radius 1 is 1.05 bits per heavy atom. The van der Waals surface area contributed by atoms with E-state index < -0.39 is 21.5 Å². The number of nitrogen functional groups attached to an aromatic ring is 1. The average molecular weight is 315 g/mol. The second-order valence-electron chi connectivity index (χ2n) is 4.15. The van der Waals surface area contributed by atoms with Crippen LogP contribution in [-0.2, 0) is 9.84 Å². The lowest BCUT2D eigenvalue weighted by atomic mass is 10.3. The molecule has 0 saturated heterocycles. The summed E-state index contributed by atoms with van der Waals surface area (Å²) < 4.78 is 49.4. The Kier molecular flexibility index (Phi) is 4.01. The summed E-state index contributed by atoms with van der Waals surface area (Å²) in [6.45, 7) is 0. The van der Waals surface area contributed by atoms with E-state index in [9.17, 15) is 17.2 Å². The number of hydrogen-bond donors (Lipinski definition) is 1. The van der Waals surface area contributed by atoms with E-state index in [1.54, 1.807) is 0 Å². The van der Waals surface area contributed by atoms with E-state index >= 15 is 0 Å². The van der Waals surface area contributed by atoms with Crippen molar-refractivity contribution in [3.63, 3.8) is 0 Å². The Hall–Kier alpha value is -1.60. The van der Waals surface area contributed by atoms with E-state index in [4.69, 9.17) is 5.73 Å². The van der Waals surface area contributed by atoms with Crippen LogP contribution in [0.1, 0.15) is 0 Å². The maximum Gasteiger partial charge on any atom is 0.175 e. The monoisotopic (exact) mass is 315 g/mol. The van der Waals surface area contributed by atoms with Gasteiger partial charge in [0.1, 0.15) is 11.6 Å². The van der Waals surface area contributed by atoms with Gasteiger partial charge in [-0.15, -0.1) is 0 Å². The van der Waals surface area contributed by atoms with Crippen LogP contribution in [0.5, 0.6) is 0 Å². The molecular formula is C13H11F2NO2S2. The van der Waals surface area contributed by atoms with Crippen molar-refractivity contribution in [2.24, 2.45) is 0 Å². The molecule has 0 aliphatic heterocycles. The van der Waals surface area contributed by atoms with Crippen LogP contribution in [0.3, 0.4) is 0 Å². The van der Waals surface area contributed by atoms with Gasteiger partial charge in [0.15, 0.2) is 9.84 Å². The number of halogens is 2. The third kappa shape index (κ3) is 3.29. The van der Waals surface area contributed by atoms with Crippen molar-refractivity contribution in [2.45, 2.75) is 14.7 Å². The van der Waals surface area contributed by atoms with Gasteiger partial charge < -0.3 is 5.73 Å². The summed E-state index contributed by atoms with van der Waals surface area (Å²) in [5.41, 5.74) is 6.07. The highest BCUT2D eigenvalue weighted by atomic mass is 32.2. The first-order valence-corrected chi connectivity index (χ1v) is 8.20. The number of anilines is 1. The van der Waals surface area contributed by atoms with Crippen molar-refractivity contribution in [1.29, 1.82) is 0 Å². The standard InChI is InChI=1S/C13H11F2NO2S2/c1-20(17,18)9-3-4-11(16)13(7-9)19-12-5-2-8(14)6-10(12)15/h2-7H,16H2,1H3. The SMILES string of the molecule is CS(=O)(=O)c1ccc(N)c(Sc2ccc(F)cc2F)c1. The number of benzene rings is 2. The lowest BCUT2D eigenvalue weighted by Gasteiger charge is -2.08. The van der Waals surface area contributed by atoms with Crippen molar-refractivity contribution in [2.75, 3.05) is 12.0 Å². The van der Waals surface area contributed by atoms with Crippen molar-refractivity contribution in [3.05, 3.63) is 48.0 Å². The van der Waals surface area contributed by atoms with Crippen LogP contribution >= 0.6 is 11.8 Å². The Morgan fingerprint density at radius 3 is 2.35 bits per heavy atom. The third-order valence-corrected chi connectivity index (χ3v) is 4.76. The second kappa shape index (κ2) is 5.41. The van der Waals surface area contributed by atoms with Gasteiger partial charge in [0.25, 0.3) is 0 Å². The third-order valence-electron chi connectivity index (χ3n) is 2.53. The molecule has 3 nitrogen and oxygen atoms in total. The normalized spacial score (nSPS) is 11.6. The minimum atomic E-state index is -3.37. The lowest BCUT2D eigenvalue weighted by molar-refractivity contribution is 0.565. The van der Waals surface area contributed by atoms with Gasteiger partial charge in [0.05, 0.1) is 4.90 Å². The van der Waals surface area contributed by atoms with E-state index in [1.807, 2.05) is 0 Å². The van der Waals surface area contributed by atoms with E-state index in [0.717, 1.165) is 30.2 Å². The Balaban J connectivity index is 2.43. The van der Waals surface area contributed by atoms with Crippen LogP contribution in [0.15, 0.2) is 51.1 Å². The predicted octanol–water partition coefficient (Wildman–Crippen LogP) is 3.10. The maximum absolute atomic E-state index is 13.6. The highest BCUT2D eigenvalue weighted by Gasteiger charge is 2.12. The molecule has 0 bridgehead atoms. The molecule has 0 radical (unpaired) electrons. The second-order valence-corrected chi connectivity index (χ2v) is 7.25. The molecule has 2 N–H and O–H groups in total. The zero-order chi connectivity index (χ0) is 14.9. The van der Waals surface area contributed by atoms with Crippen molar-refractivity contribution >= 4 is 27.3 Å². The molecule has 20 heavy (non-hydrogen) atoms. The van der Waals surface area contributed by atoms with E-state index in [1.165, 1.54) is 24.3 Å². The van der Waals surface area contributed by atoms with Gasteiger partial charge >= 0.3 is 0 Å². The molecule has 2 aromatic rings. The molecule has 0 heterocycles. The summed E-state index contributed by atoms with van der Waals surface area (Å²) in [6.07, 6.45) is 1.07. The van der Waals surface area contributed by atoms with Crippen LogP contribution in [0.2, 0.25) is 0 Å². The van der Waals surface area contributed by atoms with E-state index in [2.05, 4.69) is 0 Å². The molecule has 0 unspecified atom stereocenters. The quantitative estimate of drug-likeness (QED) is 0.884. The Morgan fingerprint density at radius 2 is 1.75 bits per heavy atom. The molecule has 0 spiro atoms. The van der Waals surface area contributed by atoms with Gasteiger partial charge in [-0.1, -0.05) is 11.8 Å². The van der Waals surface area contributed by atoms with E-state index in [-0.39, 0.29) is 9.79 Å². The lowest BCUT2D eigenvalue weighted by Crippen LogP contribution is -1.99. The van der Waals surface area contributed by atoms with Crippen molar-refractivity contribution < 1.29 is 17.2 Å². The van der Waals surface area contributed by atoms with Gasteiger partial charge in [-0.05, 0) is 30.3 Å². The zero-order valence-electron chi connectivity index (χ0n) is 10.4. The number of hydrogen-bond acceptors (Lipinski definition) is 4. The van der Waals surface area contributed by atoms with Crippen LogP contribution in [0.25, 0.3) is 0 Å². The number of rotatable bonds is 3. The molecule has 7 heteroatoms. The molecular weight excluding hydrogens is 304 g/mol. The van der Waals surface area contributed by atoms with Crippen molar-refractivity contribution in [1.82, 2.24) is 0 Å². The van der Waals surface area contributed by atoms with Gasteiger partial charge in [0, 0.05) is 27.8 Å². The van der Waals surface area contributed by atoms with Crippen LogP contribution < -0.4 is 5.73 Å². The Labute approximate surface area is 119 Å². The molecule has 0 saturated carbocycles. The molecule has 0 aliphatic rings. The number of sulfone groups is 1. The Bertz CT molecular complexity index is 761. The molecule has 0 fully saturated rings. The minimum Gasteiger partial charge on any atom is -0.398 e. The van der Waals surface area contributed by atoms with Crippen LogP contribution in [0, 0.1) is 11.6 Å². The molecule has 0 atom stereocenters. The summed E-state index contributed by atoms with van der Waals surface area (Å²) in [5, 5.41) is 0. The predicted molar refractivity (Wildman–Crippen MR) is 74.4 cm³/mol. The summed E-state index contributed by atoms with van der Waals surface area (Å²) >= 11 is 0.949. The molecule has 106 valence electrons. The summed E-state index contributed by atoms with van der Waals surface area (Å²) in [7, 11) is -3.37.